The molecular formula is C56H62O2Si2. The average Bonchev–Trinajstić information content (AvgIpc) is 3.65. The third-order valence-electron chi connectivity index (χ3n) is 16.6. The van der Waals surface area contributed by atoms with Crippen LogP contribution in [0.3, 0.4) is 0 Å². The van der Waals surface area contributed by atoms with E-state index in [4.69, 9.17) is 8.85 Å². The number of rotatable bonds is 11. The number of benzene rings is 6. The largest absolute Gasteiger partial charge is 0.404 e. The molecule has 306 valence electrons. The maximum atomic E-state index is 8.12. The zero-order valence-corrected chi connectivity index (χ0v) is 37.7. The van der Waals surface area contributed by atoms with Gasteiger partial charge in [0.15, 0.2) is 0 Å². The van der Waals surface area contributed by atoms with Crippen LogP contribution in [0.15, 0.2) is 182 Å². The Labute approximate surface area is 361 Å². The summed E-state index contributed by atoms with van der Waals surface area (Å²) in [6.45, 7) is 6.09. The molecule has 10 rings (SSSR count). The molecule has 6 aromatic carbocycles. The Balaban J connectivity index is 1.03. The third-order valence-corrected chi connectivity index (χ3v) is 24.7. The minimum absolute atomic E-state index is 0.129. The van der Waals surface area contributed by atoms with Crippen molar-refractivity contribution < 1.29 is 8.85 Å². The second kappa shape index (κ2) is 16.5. The summed E-state index contributed by atoms with van der Waals surface area (Å²) >= 11 is 0. The molecule has 6 aromatic rings. The Morgan fingerprint density at radius 3 is 1.32 bits per heavy atom. The van der Waals surface area contributed by atoms with Gasteiger partial charge in [-0.15, -0.1) is 0 Å². The summed E-state index contributed by atoms with van der Waals surface area (Å²) in [6.07, 6.45) is 11.8. The highest BCUT2D eigenvalue weighted by Gasteiger charge is 2.64. The highest BCUT2D eigenvalue weighted by molar-refractivity contribution is 7.07. The Bertz CT molecular complexity index is 2110. The van der Waals surface area contributed by atoms with Gasteiger partial charge in [0.25, 0.3) is 16.6 Å². The summed E-state index contributed by atoms with van der Waals surface area (Å²) in [7, 11) is -5.71. The van der Waals surface area contributed by atoms with Gasteiger partial charge in [-0.25, -0.2) is 0 Å². The van der Waals surface area contributed by atoms with E-state index in [1.165, 1.54) is 82.5 Å². The van der Waals surface area contributed by atoms with E-state index < -0.39 is 16.6 Å². The molecule has 0 N–H and O–H groups in total. The molecule has 0 bridgehead atoms. The molecular weight excluding hydrogens is 761 g/mol. The van der Waals surface area contributed by atoms with Gasteiger partial charge in [-0.2, -0.15) is 0 Å². The molecule has 2 nitrogen and oxygen atoms in total. The van der Waals surface area contributed by atoms with Crippen molar-refractivity contribution in [3.8, 4) is 0 Å². The quantitative estimate of drug-likeness (QED) is 0.0959. The number of hydrogen-bond donors (Lipinski definition) is 0. The Kier molecular flexibility index (Phi) is 10.9. The van der Waals surface area contributed by atoms with Crippen LogP contribution in [0.4, 0.5) is 0 Å². The number of hydrogen-bond acceptors (Lipinski definition) is 2. The van der Waals surface area contributed by atoms with Crippen LogP contribution < -0.4 is 31.1 Å². The monoisotopic (exact) mass is 822 g/mol. The van der Waals surface area contributed by atoms with Crippen LogP contribution >= 0.6 is 0 Å². The van der Waals surface area contributed by atoms with E-state index in [0.29, 0.717) is 23.7 Å². The summed E-state index contributed by atoms with van der Waals surface area (Å²) < 4.78 is 16.2. The van der Waals surface area contributed by atoms with Crippen LogP contribution in [0.2, 0.25) is 0 Å². The van der Waals surface area contributed by atoms with Crippen molar-refractivity contribution in [1.29, 1.82) is 0 Å². The van der Waals surface area contributed by atoms with Gasteiger partial charge in [0.05, 0.1) is 6.10 Å². The fraction of sp³-hybridized carbons (Fsp3) is 0.357. The maximum Gasteiger partial charge on any atom is 0.288 e. The lowest BCUT2D eigenvalue weighted by molar-refractivity contribution is -0.153. The third kappa shape index (κ3) is 6.56. The van der Waals surface area contributed by atoms with Gasteiger partial charge in [-0.05, 0) is 116 Å². The average molecular weight is 823 g/mol. The van der Waals surface area contributed by atoms with Gasteiger partial charge in [0, 0.05) is 6.61 Å². The zero-order chi connectivity index (χ0) is 40.6. The van der Waals surface area contributed by atoms with Crippen molar-refractivity contribution in [2.24, 2.45) is 40.4 Å². The standard InChI is InChI=1S/C56H62O2Si2/c1-43-22-21-40-56(42-57-59(44-23-9-3-10-24-44,45-25-11-4-12-26-45)46-27-13-5-14-28-46)51(43)36-35-50-52-37-38-54(55(52,2)41-39-53(50)56)58-60(47-29-15-6-16-30-47,48-31-17-7-18-32-48)49-33-19-8-20-34-49/h3-20,23-34,43,50-54H,21-22,35-42H2,1-2H3/t43-,50+,51+,52+,53+,54+,55+,56-/m1/s1. The molecule has 0 heterocycles. The molecule has 4 heteroatoms. The molecule has 0 amide bonds. The van der Waals surface area contributed by atoms with Gasteiger partial charge < -0.3 is 8.85 Å². The van der Waals surface area contributed by atoms with E-state index in [0.717, 1.165) is 18.9 Å². The van der Waals surface area contributed by atoms with Crippen molar-refractivity contribution in [3.63, 3.8) is 0 Å². The van der Waals surface area contributed by atoms with Gasteiger partial charge >= 0.3 is 0 Å². The van der Waals surface area contributed by atoms with E-state index in [9.17, 15) is 0 Å². The predicted octanol–water partition coefficient (Wildman–Crippen LogP) is 9.38. The van der Waals surface area contributed by atoms with Crippen LogP contribution in [0.5, 0.6) is 0 Å². The molecule has 0 saturated heterocycles. The molecule has 4 aliphatic rings. The highest BCUT2D eigenvalue weighted by atomic mass is 28.4. The molecule has 60 heavy (non-hydrogen) atoms. The summed E-state index contributed by atoms with van der Waals surface area (Å²) in [5.74, 6) is 3.46. The highest BCUT2D eigenvalue weighted by Crippen LogP contribution is 2.67. The van der Waals surface area contributed by atoms with Crippen molar-refractivity contribution in [2.75, 3.05) is 6.61 Å². The summed E-state index contributed by atoms with van der Waals surface area (Å²) in [6, 6.07) is 67.7. The normalized spacial score (nSPS) is 28.9. The fourth-order valence-electron chi connectivity index (χ4n) is 13.9. The first kappa shape index (κ1) is 39.8. The molecule has 4 aliphatic carbocycles. The van der Waals surface area contributed by atoms with Gasteiger partial charge in [-0.1, -0.05) is 209 Å². The van der Waals surface area contributed by atoms with Crippen molar-refractivity contribution >= 4 is 47.8 Å². The van der Waals surface area contributed by atoms with Gasteiger partial charge in [0.2, 0.25) is 0 Å². The van der Waals surface area contributed by atoms with E-state index in [1.807, 2.05) is 0 Å². The molecule has 4 saturated carbocycles. The van der Waals surface area contributed by atoms with Crippen LogP contribution in [0.1, 0.15) is 71.6 Å². The van der Waals surface area contributed by atoms with Crippen LogP contribution in [0, 0.1) is 40.4 Å². The summed E-state index contributed by atoms with van der Waals surface area (Å²) in [5, 5.41) is 8.08. The van der Waals surface area contributed by atoms with Gasteiger partial charge in [0.1, 0.15) is 0 Å². The van der Waals surface area contributed by atoms with Crippen molar-refractivity contribution in [1.82, 2.24) is 0 Å². The van der Waals surface area contributed by atoms with Crippen LogP contribution in [-0.4, -0.2) is 29.3 Å². The SMILES string of the molecule is C[C@@H]1CCC[C@]2(CO[Si](c3ccccc3)(c3ccccc3)c3ccccc3)[C@H]3CC[C@]4(C)[C@@H](O[Si](c5ccccc5)(c5ccccc5)c5ccccc5)CC[C@H]4[C@@H]3CC[C@@H]12. The first-order chi connectivity index (χ1) is 29.5. The summed E-state index contributed by atoms with van der Waals surface area (Å²) in [5.41, 5.74) is 0.303. The van der Waals surface area contributed by atoms with E-state index in [-0.39, 0.29) is 16.9 Å². The van der Waals surface area contributed by atoms with Crippen LogP contribution in [0.25, 0.3) is 0 Å². The lowest BCUT2D eigenvalue weighted by Crippen LogP contribution is -2.71. The summed E-state index contributed by atoms with van der Waals surface area (Å²) in [4.78, 5) is 0. The Morgan fingerprint density at radius 1 is 0.450 bits per heavy atom. The first-order valence-corrected chi connectivity index (χ1v) is 27.0. The van der Waals surface area contributed by atoms with Crippen LogP contribution in [-0.2, 0) is 8.85 Å². The van der Waals surface area contributed by atoms with E-state index in [1.54, 1.807) is 0 Å². The molecule has 0 aliphatic heterocycles. The zero-order valence-electron chi connectivity index (χ0n) is 35.7. The second-order valence-electron chi connectivity index (χ2n) is 19.2. The number of fused-ring (bicyclic) bond motifs is 5. The Hall–Kier alpha value is -4.33. The fourth-order valence-corrected chi connectivity index (χ4v) is 22.1. The second-order valence-corrected chi connectivity index (χ2v) is 26.0. The molecule has 8 atom stereocenters. The smallest absolute Gasteiger partial charge is 0.288 e. The molecule has 4 fully saturated rings. The molecule has 0 radical (unpaired) electrons. The molecule has 0 unspecified atom stereocenters. The van der Waals surface area contributed by atoms with E-state index in [2.05, 4.69) is 196 Å². The van der Waals surface area contributed by atoms with Gasteiger partial charge in [-0.3, -0.25) is 0 Å². The topological polar surface area (TPSA) is 18.5 Å². The first-order valence-electron chi connectivity index (χ1n) is 23.1. The van der Waals surface area contributed by atoms with E-state index >= 15 is 0 Å². The minimum Gasteiger partial charge on any atom is -0.404 e. The Morgan fingerprint density at radius 2 is 0.867 bits per heavy atom. The molecule has 0 aromatic heterocycles. The molecule has 0 spiro atoms. The van der Waals surface area contributed by atoms with Crippen molar-refractivity contribution in [2.45, 2.75) is 77.7 Å². The lowest BCUT2D eigenvalue weighted by atomic mass is 9.43. The van der Waals surface area contributed by atoms with Crippen molar-refractivity contribution in [3.05, 3.63) is 182 Å². The lowest BCUT2D eigenvalue weighted by Gasteiger charge is -2.63. The predicted molar refractivity (Wildman–Crippen MR) is 254 cm³/mol. The maximum absolute atomic E-state index is 8.12. The minimum atomic E-state index is -2.86.